The highest BCUT2D eigenvalue weighted by Crippen LogP contribution is 2.30. The third-order valence-electron chi connectivity index (χ3n) is 5.10. The molecule has 1 fully saturated rings. The molecule has 2 aromatic heterocycles. The molecule has 1 unspecified atom stereocenters. The molecule has 8 nitrogen and oxygen atoms in total. The first kappa shape index (κ1) is 20.0. The number of benzene rings is 1. The molecule has 1 aromatic carbocycles. The van der Waals surface area contributed by atoms with Gasteiger partial charge in [0.25, 0.3) is 11.6 Å². The van der Waals surface area contributed by atoms with Gasteiger partial charge >= 0.3 is 0 Å². The lowest BCUT2D eigenvalue weighted by Gasteiger charge is -2.21. The number of aromatic nitrogens is 2. The second-order valence-electron chi connectivity index (χ2n) is 7.15. The molecular formula is C21H21N5O3S. The molecule has 0 radical (unpaired) electrons. The largest absolute Gasteiger partial charge is 0.371 e. The van der Waals surface area contributed by atoms with Crippen molar-refractivity contribution in [2.24, 2.45) is 0 Å². The molecule has 0 bridgehead atoms. The number of carbonyl (C=O) groups is 1. The first-order chi connectivity index (χ1) is 14.5. The predicted octanol–water partition coefficient (Wildman–Crippen LogP) is 4.20. The Hall–Kier alpha value is -3.33. The first-order valence-corrected chi connectivity index (χ1v) is 10.6. The molecular weight excluding hydrogens is 402 g/mol. The monoisotopic (exact) mass is 423 g/mol. The zero-order valence-electron chi connectivity index (χ0n) is 16.4. The zero-order valence-corrected chi connectivity index (χ0v) is 17.3. The topological polar surface area (TPSA) is 101 Å². The molecule has 1 N–H and O–H groups in total. The number of amides is 1. The normalized spacial score (nSPS) is 14.5. The van der Waals surface area contributed by atoms with Gasteiger partial charge in [-0.25, -0.2) is 4.98 Å². The number of nitrogens with one attached hydrogen (secondary N) is 1. The molecule has 1 amide bonds. The number of rotatable bonds is 6. The third kappa shape index (κ3) is 4.16. The Balaban J connectivity index is 1.56. The predicted molar refractivity (Wildman–Crippen MR) is 116 cm³/mol. The van der Waals surface area contributed by atoms with Crippen molar-refractivity contribution in [3.63, 3.8) is 0 Å². The quantitative estimate of drug-likeness (QED) is 0.471. The Bertz CT molecular complexity index is 1060. The Morgan fingerprint density at radius 3 is 2.67 bits per heavy atom. The van der Waals surface area contributed by atoms with Gasteiger partial charge in [-0.3, -0.25) is 19.9 Å². The van der Waals surface area contributed by atoms with Crippen LogP contribution in [0.4, 0.5) is 11.4 Å². The van der Waals surface area contributed by atoms with Crippen LogP contribution in [0.1, 0.15) is 41.2 Å². The summed E-state index contributed by atoms with van der Waals surface area (Å²) < 4.78 is 0. The Labute approximate surface area is 177 Å². The van der Waals surface area contributed by atoms with Gasteiger partial charge in [-0.2, -0.15) is 0 Å². The van der Waals surface area contributed by atoms with Gasteiger partial charge in [0.05, 0.1) is 27.9 Å². The summed E-state index contributed by atoms with van der Waals surface area (Å²) in [4.78, 5) is 34.6. The molecule has 30 heavy (non-hydrogen) atoms. The van der Waals surface area contributed by atoms with Crippen LogP contribution in [0, 0.1) is 10.1 Å². The number of thiazole rings is 1. The van der Waals surface area contributed by atoms with Crippen LogP contribution in [0.15, 0.2) is 48.1 Å². The summed E-state index contributed by atoms with van der Waals surface area (Å²) in [6.07, 6.45) is 5.51. The standard InChI is InChI=1S/C21H21N5O3S/c1-14(21-24-18(13-30-21)15-6-8-22-9-7-15)23-20(27)17-12-16(26(28)29)4-5-19(17)25-10-2-3-11-25/h4-9,12-14H,2-3,10-11H2,1H3,(H,23,27). The molecule has 3 heterocycles. The van der Waals surface area contributed by atoms with Gasteiger partial charge in [-0.05, 0) is 38.0 Å². The van der Waals surface area contributed by atoms with E-state index in [1.165, 1.54) is 23.5 Å². The van der Waals surface area contributed by atoms with Gasteiger partial charge in [0, 0.05) is 48.6 Å². The molecule has 1 aliphatic rings. The van der Waals surface area contributed by atoms with E-state index < -0.39 is 4.92 Å². The Morgan fingerprint density at radius 2 is 1.97 bits per heavy atom. The van der Waals surface area contributed by atoms with Gasteiger partial charge in [0.15, 0.2) is 0 Å². The minimum atomic E-state index is -0.476. The van der Waals surface area contributed by atoms with E-state index in [-0.39, 0.29) is 17.6 Å². The number of hydrogen-bond acceptors (Lipinski definition) is 7. The van der Waals surface area contributed by atoms with Crippen LogP contribution in [0.5, 0.6) is 0 Å². The van der Waals surface area contributed by atoms with Crippen LogP contribution < -0.4 is 10.2 Å². The molecule has 0 aliphatic carbocycles. The zero-order chi connectivity index (χ0) is 21.1. The van der Waals surface area contributed by atoms with Crippen LogP contribution in [-0.2, 0) is 0 Å². The average Bonchev–Trinajstić information content (AvgIpc) is 3.46. The van der Waals surface area contributed by atoms with Crippen molar-refractivity contribution in [3.8, 4) is 11.3 Å². The first-order valence-electron chi connectivity index (χ1n) is 9.73. The van der Waals surface area contributed by atoms with Crippen molar-refractivity contribution in [1.29, 1.82) is 0 Å². The molecule has 4 rings (SSSR count). The lowest BCUT2D eigenvalue weighted by Crippen LogP contribution is -2.29. The van der Waals surface area contributed by atoms with Gasteiger partial charge in [0.1, 0.15) is 5.01 Å². The number of nitro benzene ring substituents is 1. The number of hydrogen-bond donors (Lipinski definition) is 1. The number of nitrogens with zero attached hydrogens (tertiary/aromatic N) is 4. The molecule has 3 aromatic rings. The van der Waals surface area contributed by atoms with E-state index >= 15 is 0 Å². The number of nitro groups is 1. The van der Waals surface area contributed by atoms with Crippen molar-refractivity contribution in [3.05, 3.63) is 68.8 Å². The van der Waals surface area contributed by atoms with Crippen molar-refractivity contribution < 1.29 is 9.72 Å². The second kappa shape index (κ2) is 8.58. The van der Waals surface area contributed by atoms with E-state index in [9.17, 15) is 14.9 Å². The maximum Gasteiger partial charge on any atom is 0.270 e. The van der Waals surface area contributed by atoms with Crippen molar-refractivity contribution in [1.82, 2.24) is 15.3 Å². The van der Waals surface area contributed by atoms with E-state index in [2.05, 4.69) is 20.2 Å². The van der Waals surface area contributed by atoms with E-state index in [1.54, 1.807) is 18.5 Å². The summed E-state index contributed by atoms with van der Waals surface area (Å²) in [5, 5.41) is 16.9. The fourth-order valence-corrected chi connectivity index (χ4v) is 4.37. The fraction of sp³-hybridized carbons (Fsp3) is 0.286. The summed E-state index contributed by atoms with van der Waals surface area (Å²) in [6, 6.07) is 7.92. The van der Waals surface area contributed by atoms with Crippen LogP contribution in [0.25, 0.3) is 11.3 Å². The SMILES string of the molecule is CC(NC(=O)c1cc([N+](=O)[O-])ccc1N1CCCC1)c1nc(-c2ccncc2)cs1. The Kier molecular flexibility index (Phi) is 5.71. The molecule has 1 atom stereocenters. The fourth-order valence-electron chi connectivity index (χ4n) is 3.53. The number of carbonyl (C=O) groups excluding carboxylic acids is 1. The Morgan fingerprint density at radius 1 is 1.23 bits per heavy atom. The van der Waals surface area contributed by atoms with Crippen LogP contribution in [0.2, 0.25) is 0 Å². The number of non-ortho nitro benzene ring substituents is 1. The summed E-state index contributed by atoms with van der Waals surface area (Å²) in [7, 11) is 0. The maximum atomic E-state index is 13.1. The molecule has 0 saturated carbocycles. The van der Waals surface area contributed by atoms with Gasteiger partial charge in [-0.15, -0.1) is 11.3 Å². The van der Waals surface area contributed by atoms with Gasteiger partial charge in [0.2, 0.25) is 0 Å². The molecule has 0 spiro atoms. The summed E-state index contributed by atoms with van der Waals surface area (Å²) in [6.45, 7) is 3.55. The second-order valence-corrected chi connectivity index (χ2v) is 8.04. The molecule has 9 heteroatoms. The highest BCUT2D eigenvalue weighted by Gasteiger charge is 2.24. The van der Waals surface area contributed by atoms with Crippen molar-refractivity contribution in [2.75, 3.05) is 18.0 Å². The minimum absolute atomic E-state index is 0.0926. The molecule has 1 saturated heterocycles. The highest BCUT2D eigenvalue weighted by molar-refractivity contribution is 7.10. The third-order valence-corrected chi connectivity index (χ3v) is 6.13. The lowest BCUT2D eigenvalue weighted by atomic mass is 10.1. The average molecular weight is 423 g/mol. The summed E-state index contributed by atoms with van der Waals surface area (Å²) in [5.41, 5.74) is 2.75. The maximum absolute atomic E-state index is 13.1. The lowest BCUT2D eigenvalue weighted by molar-refractivity contribution is -0.384. The van der Waals surface area contributed by atoms with E-state index in [0.717, 1.165) is 47.9 Å². The summed E-state index contributed by atoms with van der Waals surface area (Å²) >= 11 is 1.46. The van der Waals surface area contributed by atoms with Crippen molar-refractivity contribution in [2.45, 2.75) is 25.8 Å². The van der Waals surface area contributed by atoms with E-state index in [4.69, 9.17) is 0 Å². The van der Waals surface area contributed by atoms with Crippen LogP contribution >= 0.6 is 11.3 Å². The summed E-state index contributed by atoms with van der Waals surface area (Å²) in [5.74, 6) is -0.339. The number of pyridine rings is 1. The highest BCUT2D eigenvalue weighted by atomic mass is 32.1. The van der Waals surface area contributed by atoms with Crippen LogP contribution in [0.3, 0.4) is 0 Å². The van der Waals surface area contributed by atoms with E-state index in [1.807, 2.05) is 24.4 Å². The smallest absolute Gasteiger partial charge is 0.270 e. The van der Waals surface area contributed by atoms with Gasteiger partial charge < -0.3 is 10.2 Å². The minimum Gasteiger partial charge on any atom is -0.371 e. The van der Waals surface area contributed by atoms with Crippen LogP contribution in [-0.4, -0.2) is 33.9 Å². The van der Waals surface area contributed by atoms with E-state index in [0.29, 0.717) is 5.56 Å². The number of anilines is 1. The molecule has 1 aliphatic heterocycles. The van der Waals surface area contributed by atoms with Crippen molar-refractivity contribution >= 4 is 28.6 Å². The molecule has 154 valence electrons. The van der Waals surface area contributed by atoms with Gasteiger partial charge in [-0.1, -0.05) is 0 Å².